The average Bonchev–Trinajstić information content (AvgIpc) is 2.37. The van der Waals surface area contributed by atoms with E-state index >= 15 is 0 Å². The molecule has 0 aromatic carbocycles. The lowest BCUT2D eigenvalue weighted by molar-refractivity contribution is 0.0692. The molecule has 0 fully saturated rings. The first-order chi connectivity index (χ1) is 9.01. The van der Waals surface area contributed by atoms with E-state index < -0.39 is 5.97 Å². The Labute approximate surface area is 112 Å². The third kappa shape index (κ3) is 3.64. The molecular weight excluding hydrogens is 244 g/mol. The van der Waals surface area contributed by atoms with Crippen LogP contribution in [-0.2, 0) is 0 Å². The van der Waals surface area contributed by atoms with Crippen LogP contribution in [0.25, 0.3) is 0 Å². The maximum absolute atomic E-state index is 12.2. The number of carbonyl (C=O) groups excluding carboxylic acids is 1. The van der Waals surface area contributed by atoms with E-state index in [1.54, 1.807) is 17.9 Å². The summed E-state index contributed by atoms with van der Waals surface area (Å²) in [4.78, 5) is 28.8. The van der Waals surface area contributed by atoms with Crippen LogP contribution in [0.2, 0.25) is 0 Å². The normalized spacial score (nSPS) is 10.0. The molecule has 0 aliphatic carbocycles. The van der Waals surface area contributed by atoms with E-state index in [2.05, 4.69) is 11.6 Å². The first-order valence-corrected chi connectivity index (χ1v) is 6.12. The van der Waals surface area contributed by atoms with Crippen molar-refractivity contribution in [1.82, 2.24) is 9.88 Å². The van der Waals surface area contributed by atoms with Crippen molar-refractivity contribution < 1.29 is 14.7 Å². The molecule has 19 heavy (non-hydrogen) atoms. The van der Waals surface area contributed by atoms with Gasteiger partial charge in [0.15, 0.2) is 0 Å². The maximum atomic E-state index is 12.2. The monoisotopic (exact) mass is 262 g/mol. The molecule has 1 aromatic heterocycles. The Morgan fingerprint density at radius 3 is 2.63 bits per heavy atom. The Balaban J connectivity index is 3.01. The molecule has 0 saturated heterocycles. The molecule has 0 aliphatic heterocycles. The minimum Gasteiger partial charge on any atom is -0.478 e. The second-order valence-corrected chi connectivity index (χ2v) is 4.17. The van der Waals surface area contributed by atoms with Crippen LogP contribution in [0.5, 0.6) is 0 Å². The third-order valence-corrected chi connectivity index (χ3v) is 2.67. The largest absolute Gasteiger partial charge is 0.478 e. The summed E-state index contributed by atoms with van der Waals surface area (Å²) in [5.41, 5.74) is 0.716. The highest BCUT2D eigenvalue weighted by atomic mass is 16.4. The van der Waals surface area contributed by atoms with Gasteiger partial charge in [0, 0.05) is 13.1 Å². The zero-order chi connectivity index (χ0) is 14.4. The molecule has 0 saturated carbocycles. The van der Waals surface area contributed by atoms with Crippen LogP contribution < -0.4 is 0 Å². The molecule has 0 bridgehead atoms. The van der Waals surface area contributed by atoms with E-state index in [0.29, 0.717) is 18.8 Å². The van der Waals surface area contributed by atoms with Crippen molar-refractivity contribution in [1.29, 1.82) is 0 Å². The quantitative estimate of drug-likeness (QED) is 0.797. The smallest absolute Gasteiger partial charge is 0.337 e. The minimum atomic E-state index is -1.04. The summed E-state index contributed by atoms with van der Waals surface area (Å²) in [5.74, 6) is -1.25. The molecule has 0 aliphatic rings. The Hall–Kier alpha value is -2.17. The highest BCUT2D eigenvalue weighted by Gasteiger charge is 2.17. The zero-order valence-electron chi connectivity index (χ0n) is 11.2. The molecule has 0 atom stereocenters. The molecule has 0 spiro atoms. The van der Waals surface area contributed by atoms with Gasteiger partial charge in [0.1, 0.15) is 5.69 Å². The summed E-state index contributed by atoms with van der Waals surface area (Å²) in [7, 11) is 0. The molecule has 0 unspecified atom stereocenters. The van der Waals surface area contributed by atoms with Gasteiger partial charge >= 0.3 is 5.97 Å². The fraction of sp³-hybridized carbons (Fsp3) is 0.357. The van der Waals surface area contributed by atoms with E-state index in [1.807, 2.05) is 6.92 Å². The number of aromatic nitrogens is 1. The van der Waals surface area contributed by atoms with E-state index in [9.17, 15) is 9.59 Å². The van der Waals surface area contributed by atoms with Gasteiger partial charge in [-0.1, -0.05) is 13.0 Å². The fourth-order valence-corrected chi connectivity index (χ4v) is 1.77. The first-order valence-electron chi connectivity index (χ1n) is 6.12. The predicted molar refractivity (Wildman–Crippen MR) is 72.3 cm³/mol. The number of nitrogens with zero attached hydrogens (tertiary/aromatic N) is 2. The molecule has 5 heteroatoms. The Kier molecular flexibility index (Phi) is 5.23. The maximum Gasteiger partial charge on any atom is 0.337 e. The van der Waals surface area contributed by atoms with E-state index in [-0.39, 0.29) is 17.2 Å². The molecule has 1 aromatic rings. The summed E-state index contributed by atoms with van der Waals surface area (Å²) >= 11 is 0. The zero-order valence-corrected chi connectivity index (χ0v) is 11.2. The van der Waals surface area contributed by atoms with Crippen molar-refractivity contribution in [2.45, 2.75) is 20.3 Å². The fourth-order valence-electron chi connectivity index (χ4n) is 1.77. The number of aromatic carboxylic acids is 1. The summed E-state index contributed by atoms with van der Waals surface area (Å²) in [6.07, 6.45) is 2.50. The Bertz CT molecular complexity index is 497. The Morgan fingerprint density at radius 1 is 1.47 bits per heavy atom. The van der Waals surface area contributed by atoms with Gasteiger partial charge in [-0.25, -0.2) is 9.78 Å². The number of pyridine rings is 1. The summed E-state index contributed by atoms with van der Waals surface area (Å²) in [6, 6.07) is 2.86. The van der Waals surface area contributed by atoms with Crippen molar-refractivity contribution in [2.24, 2.45) is 0 Å². The molecular formula is C14H18N2O3. The minimum absolute atomic E-state index is 0.113. The van der Waals surface area contributed by atoms with Gasteiger partial charge in [0.05, 0.1) is 11.3 Å². The van der Waals surface area contributed by atoms with Crippen molar-refractivity contribution in [3.63, 3.8) is 0 Å². The van der Waals surface area contributed by atoms with Crippen molar-refractivity contribution in [2.75, 3.05) is 13.1 Å². The predicted octanol–water partition coefficient (Wildman–Crippen LogP) is 2.13. The lowest BCUT2D eigenvalue weighted by Gasteiger charge is -2.20. The van der Waals surface area contributed by atoms with Gasteiger partial charge in [0.25, 0.3) is 5.91 Å². The first kappa shape index (κ1) is 14.9. The number of hydrogen-bond acceptors (Lipinski definition) is 3. The van der Waals surface area contributed by atoms with Gasteiger partial charge in [0.2, 0.25) is 0 Å². The number of carbonyl (C=O) groups is 2. The van der Waals surface area contributed by atoms with E-state index in [0.717, 1.165) is 6.42 Å². The number of hydrogen-bond donors (Lipinski definition) is 1. The molecule has 1 rings (SSSR count). The van der Waals surface area contributed by atoms with Crippen molar-refractivity contribution in [3.05, 3.63) is 41.7 Å². The average molecular weight is 262 g/mol. The van der Waals surface area contributed by atoms with Crippen LogP contribution in [-0.4, -0.2) is 40.0 Å². The van der Waals surface area contributed by atoms with Crippen LogP contribution in [0.15, 0.2) is 24.8 Å². The summed E-state index contributed by atoms with van der Waals surface area (Å²) in [6.45, 7) is 8.25. The van der Waals surface area contributed by atoms with Crippen LogP contribution in [0.3, 0.4) is 0 Å². The van der Waals surface area contributed by atoms with E-state index in [1.165, 1.54) is 12.1 Å². The third-order valence-electron chi connectivity index (χ3n) is 2.67. The number of amides is 1. The summed E-state index contributed by atoms with van der Waals surface area (Å²) in [5, 5.41) is 8.92. The standard InChI is InChI=1S/C14H18N2O3/c1-4-8-16(9-5-2)13(17)12-7-6-11(14(18)19)10(3)15-12/h4,6-7H,1,5,8-9H2,2-3H3,(H,18,19). The second kappa shape index (κ2) is 6.68. The van der Waals surface area contributed by atoms with Crippen molar-refractivity contribution in [3.8, 4) is 0 Å². The molecule has 1 heterocycles. The lowest BCUT2D eigenvalue weighted by atomic mass is 10.1. The molecule has 0 radical (unpaired) electrons. The number of rotatable bonds is 6. The number of carboxylic acid groups (broad SMARTS) is 1. The van der Waals surface area contributed by atoms with Gasteiger partial charge in [-0.05, 0) is 25.5 Å². The molecule has 1 N–H and O–H groups in total. The van der Waals surface area contributed by atoms with Crippen LogP contribution in [0.4, 0.5) is 0 Å². The van der Waals surface area contributed by atoms with Gasteiger partial charge < -0.3 is 10.0 Å². The SMILES string of the molecule is C=CCN(CCC)C(=O)c1ccc(C(=O)O)c(C)n1. The van der Waals surface area contributed by atoms with Gasteiger partial charge in [-0.15, -0.1) is 6.58 Å². The van der Waals surface area contributed by atoms with Crippen LogP contribution in [0, 0.1) is 6.92 Å². The summed E-state index contributed by atoms with van der Waals surface area (Å²) < 4.78 is 0. The topological polar surface area (TPSA) is 70.5 Å². The number of carboxylic acids is 1. The lowest BCUT2D eigenvalue weighted by Crippen LogP contribution is -2.32. The highest BCUT2D eigenvalue weighted by Crippen LogP contribution is 2.09. The highest BCUT2D eigenvalue weighted by molar-refractivity contribution is 5.94. The molecule has 1 amide bonds. The van der Waals surface area contributed by atoms with Crippen LogP contribution >= 0.6 is 0 Å². The van der Waals surface area contributed by atoms with E-state index in [4.69, 9.17) is 5.11 Å². The second-order valence-electron chi connectivity index (χ2n) is 4.17. The van der Waals surface area contributed by atoms with Crippen LogP contribution in [0.1, 0.15) is 39.9 Å². The molecule has 5 nitrogen and oxygen atoms in total. The van der Waals surface area contributed by atoms with Crippen molar-refractivity contribution >= 4 is 11.9 Å². The Morgan fingerprint density at radius 2 is 2.16 bits per heavy atom. The molecule has 102 valence electrons. The van der Waals surface area contributed by atoms with Gasteiger partial charge in [-0.2, -0.15) is 0 Å². The van der Waals surface area contributed by atoms with Gasteiger partial charge in [-0.3, -0.25) is 4.79 Å². The number of aryl methyl sites for hydroxylation is 1.